The Balaban J connectivity index is 0.000000461. The molecule has 1 aliphatic rings. The van der Waals surface area contributed by atoms with E-state index < -0.39 is 0 Å². The van der Waals surface area contributed by atoms with E-state index in [0.717, 1.165) is 11.1 Å². The lowest BCUT2D eigenvalue weighted by Gasteiger charge is -2.08. The quantitative estimate of drug-likeness (QED) is 0.646. The third-order valence-electron chi connectivity index (χ3n) is 2.11. The topological polar surface area (TPSA) is 50.9 Å². The van der Waals surface area contributed by atoms with Crippen LogP contribution in [0, 0.1) is 10.8 Å². The van der Waals surface area contributed by atoms with Crippen LogP contribution in [0.5, 0.6) is 0 Å². The Kier molecular flexibility index (Phi) is 3.02. The molecule has 0 radical (unpaired) electrons. The van der Waals surface area contributed by atoms with E-state index in [1.165, 1.54) is 0 Å². The van der Waals surface area contributed by atoms with Crippen LogP contribution < -0.4 is 0 Å². The molecule has 0 amide bonds. The van der Waals surface area contributed by atoms with Crippen molar-refractivity contribution in [3.05, 3.63) is 35.4 Å². The maximum absolute atomic E-state index is 7.65. The number of nitrogens with one attached hydrogen (secondary N) is 2. The summed E-state index contributed by atoms with van der Waals surface area (Å²) in [7, 11) is 1.74. The molecule has 3 nitrogen and oxygen atoms in total. The van der Waals surface area contributed by atoms with E-state index in [0.29, 0.717) is 11.7 Å². The average molecular weight is 189 g/mol. The van der Waals surface area contributed by atoms with Gasteiger partial charge in [-0.15, -0.1) is 0 Å². The first kappa shape index (κ1) is 10.4. The minimum atomic E-state index is 0.413. The Morgan fingerprint density at radius 2 is 1.29 bits per heavy atom. The Morgan fingerprint density at radius 3 is 1.64 bits per heavy atom. The summed E-state index contributed by atoms with van der Waals surface area (Å²) in [6, 6.07) is 7.52. The molecular formula is C11H15N3. The molecule has 0 aliphatic carbocycles. The highest BCUT2D eigenvalue weighted by molar-refractivity contribution is 6.22. The minimum absolute atomic E-state index is 0.413. The van der Waals surface area contributed by atoms with Crippen molar-refractivity contribution in [3.8, 4) is 0 Å². The normalized spacial score (nSPS) is 13.5. The molecular weight excluding hydrogens is 174 g/mol. The summed E-state index contributed by atoms with van der Waals surface area (Å²) in [4.78, 5) is 1.57. The minimum Gasteiger partial charge on any atom is -0.314 e. The highest BCUT2D eigenvalue weighted by Crippen LogP contribution is 2.20. The van der Waals surface area contributed by atoms with Crippen molar-refractivity contribution in [2.45, 2.75) is 13.8 Å². The molecule has 0 fully saturated rings. The number of amidine groups is 2. The van der Waals surface area contributed by atoms with E-state index in [-0.39, 0.29) is 0 Å². The zero-order chi connectivity index (χ0) is 10.7. The number of hydrogen-bond donors (Lipinski definition) is 2. The van der Waals surface area contributed by atoms with Gasteiger partial charge in [-0.3, -0.25) is 10.8 Å². The van der Waals surface area contributed by atoms with Crippen molar-refractivity contribution in [1.82, 2.24) is 4.90 Å². The molecule has 1 heterocycles. The summed E-state index contributed by atoms with van der Waals surface area (Å²) in [5.41, 5.74) is 1.70. The molecule has 0 saturated carbocycles. The van der Waals surface area contributed by atoms with Crippen molar-refractivity contribution in [2.75, 3.05) is 7.05 Å². The second-order valence-corrected chi connectivity index (χ2v) is 2.80. The van der Waals surface area contributed by atoms with E-state index in [9.17, 15) is 0 Å². The molecule has 1 aromatic rings. The first-order chi connectivity index (χ1) is 6.72. The molecule has 1 aromatic carbocycles. The number of benzene rings is 1. The second-order valence-electron chi connectivity index (χ2n) is 2.80. The molecule has 0 bridgehead atoms. The SMILES string of the molecule is CC.CN1C(=N)c2ccccc2C1=N. The third kappa shape index (κ3) is 1.41. The fourth-order valence-electron chi connectivity index (χ4n) is 1.37. The molecule has 0 aromatic heterocycles. The van der Waals surface area contributed by atoms with E-state index >= 15 is 0 Å². The van der Waals surface area contributed by atoms with Crippen molar-refractivity contribution in [2.24, 2.45) is 0 Å². The van der Waals surface area contributed by atoms with Crippen LogP contribution in [0.2, 0.25) is 0 Å². The Hall–Kier alpha value is -1.64. The van der Waals surface area contributed by atoms with E-state index in [1.807, 2.05) is 38.1 Å². The van der Waals surface area contributed by atoms with Crippen LogP contribution in [-0.2, 0) is 0 Å². The highest BCUT2D eigenvalue weighted by atomic mass is 15.2. The molecule has 0 spiro atoms. The van der Waals surface area contributed by atoms with E-state index in [4.69, 9.17) is 10.8 Å². The second kappa shape index (κ2) is 4.05. The van der Waals surface area contributed by atoms with Gasteiger partial charge in [-0.2, -0.15) is 0 Å². The lowest BCUT2D eigenvalue weighted by atomic mass is 10.1. The van der Waals surface area contributed by atoms with Crippen LogP contribution in [0.25, 0.3) is 0 Å². The Morgan fingerprint density at radius 1 is 0.929 bits per heavy atom. The van der Waals surface area contributed by atoms with E-state index in [2.05, 4.69) is 0 Å². The van der Waals surface area contributed by atoms with Crippen LogP contribution in [0.15, 0.2) is 24.3 Å². The van der Waals surface area contributed by atoms with Crippen LogP contribution >= 0.6 is 0 Å². The van der Waals surface area contributed by atoms with Gasteiger partial charge < -0.3 is 4.90 Å². The van der Waals surface area contributed by atoms with Crippen LogP contribution in [0.4, 0.5) is 0 Å². The number of fused-ring (bicyclic) bond motifs is 1. The maximum atomic E-state index is 7.65. The fourth-order valence-corrected chi connectivity index (χ4v) is 1.37. The number of hydrogen-bond acceptors (Lipinski definition) is 2. The maximum Gasteiger partial charge on any atom is 0.134 e. The van der Waals surface area contributed by atoms with E-state index in [1.54, 1.807) is 11.9 Å². The molecule has 14 heavy (non-hydrogen) atoms. The summed E-state index contributed by atoms with van der Waals surface area (Å²) >= 11 is 0. The lowest BCUT2D eigenvalue weighted by molar-refractivity contribution is 0.758. The van der Waals surface area contributed by atoms with Crippen LogP contribution in [-0.4, -0.2) is 23.6 Å². The summed E-state index contributed by atoms with van der Waals surface area (Å²) < 4.78 is 0. The number of rotatable bonds is 0. The Bertz CT molecular complexity index is 334. The summed E-state index contributed by atoms with van der Waals surface area (Å²) in [6.45, 7) is 4.00. The van der Waals surface area contributed by atoms with Gasteiger partial charge in [0, 0.05) is 18.2 Å². The van der Waals surface area contributed by atoms with Crippen molar-refractivity contribution in [1.29, 1.82) is 10.8 Å². The van der Waals surface area contributed by atoms with Crippen LogP contribution in [0.1, 0.15) is 25.0 Å². The lowest BCUT2D eigenvalue weighted by Crippen LogP contribution is -2.24. The molecule has 2 rings (SSSR count). The zero-order valence-corrected chi connectivity index (χ0v) is 8.76. The third-order valence-corrected chi connectivity index (χ3v) is 2.11. The molecule has 0 unspecified atom stereocenters. The van der Waals surface area contributed by atoms with Gasteiger partial charge >= 0.3 is 0 Å². The molecule has 0 atom stereocenters. The van der Waals surface area contributed by atoms with Gasteiger partial charge in [0.15, 0.2) is 0 Å². The first-order valence-corrected chi connectivity index (χ1v) is 4.72. The van der Waals surface area contributed by atoms with Gasteiger partial charge in [0.1, 0.15) is 11.7 Å². The highest BCUT2D eigenvalue weighted by Gasteiger charge is 2.25. The number of nitrogens with zero attached hydrogens (tertiary/aromatic N) is 1. The largest absolute Gasteiger partial charge is 0.314 e. The van der Waals surface area contributed by atoms with Crippen molar-refractivity contribution < 1.29 is 0 Å². The fraction of sp³-hybridized carbons (Fsp3) is 0.273. The summed E-state index contributed by atoms with van der Waals surface area (Å²) in [5.74, 6) is 0.825. The summed E-state index contributed by atoms with van der Waals surface area (Å²) in [5, 5.41) is 15.3. The molecule has 1 aliphatic heterocycles. The van der Waals surface area contributed by atoms with Gasteiger partial charge in [-0.05, 0) is 0 Å². The van der Waals surface area contributed by atoms with Gasteiger partial charge in [0.25, 0.3) is 0 Å². The van der Waals surface area contributed by atoms with Gasteiger partial charge in [0.05, 0.1) is 0 Å². The Labute approximate surface area is 84.4 Å². The van der Waals surface area contributed by atoms with Crippen molar-refractivity contribution >= 4 is 11.7 Å². The average Bonchev–Trinajstić information content (AvgIpc) is 2.48. The molecule has 0 saturated heterocycles. The first-order valence-electron chi connectivity index (χ1n) is 4.72. The van der Waals surface area contributed by atoms with Crippen molar-refractivity contribution in [3.63, 3.8) is 0 Å². The van der Waals surface area contributed by atoms with Crippen LogP contribution in [0.3, 0.4) is 0 Å². The molecule has 74 valence electrons. The smallest absolute Gasteiger partial charge is 0.134 e. The predicted molar refractivity (Wildman–Crippen MR) is 59.2 cm³/mol. The molecule has 3 heteroatoms. The summed E-state index contributed by atoms with van der Waals surface area (Å²) in [6.07, 6.45) is 0. The van der Waals surface area contributed by atoms with Gasteiger partial charge in [-0.1, -0.05) is 38.1 Å². The van der Waals surface area contributed by atoms with Gasteiger partial charge in [-0.25, -0.2) is 0 Å². The zero-order valence-electron chi connectivity index (χ0n) is 8.76. The standard InChI is InChI=1S/C9H9N3.C2H6/c1-12-8(10)6-4-2-3-5-7(6)9(12)11;1-2/h2-5,10-11H,1H3;1-2H3. The monoisotopic (exact) mass is 189 g/mol. The molecule has 2 N–H and O–H groups in total. The predicted octanol–water partition coefficient (Wildman–Crippen LogP) is 2.31. The van der Waals surface area contributed by atoms with Gasteiger partial charge in [0.2, 0.25) is 0 Å².